The number of aromatic amines is 1. The van der Waals surface area contributed by atoms with Crippen molar-refractivity contribution in [1.29, 1.82) is 0 Å². The zero-order chi connectivity index (χ0) is 16.8. The highest BCUT2D eigenvalue weighted by atomic mass is 32.2. The van der Waals surface area contributed by atoms with Crippen LogP contribution in [0.4, 0.5) is 0 Å². The first-order chi connectivity index (χ1) is 11.1. The van der Waals surface area contributed by atoms with E-state index in [1.165, 1.54) is 11.8 Å². The second kappa shape index (κ2) is 8.31. The van der Waals surface area contributed by atoms with E-state index in [2.05, 4.69) is 9.97 Å². The van der Waals surface area contributed by atoms with Crippen molar-refractivity contribution < 1.29 is 9.47 Å². The fourth-order valence-corrected chi connectivity index (χ4v) is 3.35. The number of ether oxygens (including phenoxy) is 2. The van der Waals surface area contributed by atoms with Crippen LogP contribution in [-0.4, -0.2) is 35.5 Å². The van der Waals surface area contributed by atoms with E-state index in [0.29, 0.717) is 28.6 Å². The quantitative estimate of drug-likeness (QED) is 0.469. The van der Waals surface area contributed by atoms with Gasteiger partial charge in [0, 0.05) is 17.1 Å². The summed E-state index contributed by atoms with van der Waals surface area (Å²) in [4.78, 5) is 19.5. The third-order valence-corrected chi connectivity index (χ3v) is 5.24. The smallest absolute Gasteiger partial charge is 0.254 e. The summed E-state index contributed by atoms with van der Waals surface area (Å²) >= 11 is 3.23. The van der Waals surface area contributed by atoms with E-state index < -0.39 is 0 Å². The van der Waals surface area contributed by atoms with Gasteiger partial charge in [-0.15, -0.1) is 0 Å². The second-order valence-corrected chi connectivity index (χ2v) is 7.06. The standard InChI is InChI=1S/C16H20N2O3S2/c1-10-12(17-16(18-15(10)19)23-9-22-4)7-11-5-6-13(20-2)14(8-11)21-3/h5-6,8H,7,9H2,1-4H3,(H,17,18,19). The predicted molar refractivity (Wildman–Crippen MR) is 96.2 cm³/mol. The Kier molecular flexibility index (Phi) is 6.41. The van der Waals surface area contributed by atoms with Gasteiger partial charge in [0.25, 0.3) is 5.56 Å². The summed E-state index contributed by atoms with van der Waals surface area (Å²) in [5, 5.41) is 1.51. The number of rotatable bonds is 7. The number of benzene rings is 1. The van der Waals surface area contributed by atoms with Crippen LogP contribution < -0.4 is 15.0 Å². The monoisotopic (exact) mass is 352 g/mol. The highest BCUT2D eigenvalue weighted by molar-refractivity contribution is 8.15. The van der Waals surface area contributed by atoms with Crippen molar-refractivity contribution in [1.82, 2.24) is 9.97 Å². The van der Waals surface area contributed by atoms with Crippen LogP contribution in [-0.2, 0) is 6.42 Å². The van der Waals surface area contributed by atoms with Crippen molar-refractivity contribution >= 4 is 23.5 Å². The minimum Gasteiger partial charge on any atom is -0.493 e. The van der Waals surface area contributed by atoms with Crippen molar-refractivity contribution in [2.45, 2.75) is 18.5 Å². The van der Waals surface area contributed by atoms with Crippen molar-refractivity contribution in [3.05, 3.63) is 45.4 Å². The van der Waals surface area contributed by atoms with E-state index in [1.807, 2.05) is 24.5 Å². The third-order valence-electron chi connectivity index (χ3n) is 3.36. The van der Waals surface area contributed by atoms with E-state index in [1.54, 1.807) is 32.9 Å². The van der Waals surface area contributed by atoms with Gasteiger partial charge in [0.2, 0.25) is 0 Å². The van der Waals surface area contributed by atoms with Gasteiger partial charge in [0.1, 0.15) is 0 Å². The molecule has 0 atom stereocenters. The Hall–Kier alpha value is -1.60. The zero-order valence-electron chi connectivity index (χ0n) is 13.6. The molecule has 0 spiro atoms. The molecule has 0 fully saturated rings. The van der Waals surface area contributed by atoms with Gasteiger partial charge in [-0.2, -0.15) is 11.8 Å². The fourth-order valence-electron chi connectivity index (χ4n) is 2.10. The van der Waals surface area contributed by atoms with Crippen LogP contribution >= 0.6 is 23.5 Å². The molecular formula is C16H20N2O3S2. The molecule has 1 N–H and O–H groups in total. The molecule has 0 bridgehead atoms. The number of hydrogen-bond donors (Lipinski definition) is 1. The van der Waals surface area contributed by atoms with Gasteiger partial charge in [0.05, 0.1) is 19.9 Å². The number of nitrogens with one attached hydrogen (secondary N) is 1. The molecular weight excluding hydrogens is 332 g/mol. The maximum Gasteiger partial charge on any atom is 0.254 e. The van der Waals surface area contributed by atoms with E-state index in [9.17, 15) is 4.79 Å². The van der Waals surface area contributed by atoms with Gasteiger partial charge < -0.3 is 14.5 Å². The first kappa shape index (κ1) is 17.7. The molecule has 2 aromatic rings. The Morgan fingerprint density at radius 3 is 2.61 bits per heavy atom. The molecule has 2 rings (SSSR count). The van der Waals surface area contributed by atoms with E-state index in [4.69, 9.17) is 9.47 Å². The number of nitrogens with zero attached hydrogens (tertiary/aromatic N) is 1. The molecule has 124 valence electrons. The highest BCUT2D eigenvalue weighted by Gasteiger charge is 2.11. The number of methoxy groups -OCH3 is 2. The van der Waals surface area contributed by atoms with Crippen molar-refractivity contribution in [3.63, 3.8) is 0 Å². The SMILES string of the molecule is COc1ccc(Cc2nc(SCSC)[nH]c(=O)c2C)cc1OC. The van der Waals surface area contributed by atoms with Gasteiger partial charge in [-0.25, -0.2) is 4.98 Å². The lowest BCUT2D eigenvalue weighted by atomic mass is 10.1. The van der Waals surface area contributed by atoms with Crippen LogP contribution in [0.25, 0.3) is 0 Å². The summed E-state index contributed by atoms with van der Waals surface area (Å²) < 4.78 is 10.6. The van der Waals surface area contributed by atoms with Crippen LogP contribution in [0.15, 0.2) is 28.2 Å². The van der Waals surface area contributed by atoms with Crippen molar-refractivity contribution in [2.24, 2.45) is 0 Å². The maximum atomic E-state index is 12.1. The Morgan fingerprint density at radius 1 is 1.22 bits per heavy atom. The van der Waals surface area contributed by atoms with Crippen LogP contribution in [0.5, 0.6) is 11.5 Å². The molecule has 0 amide bonds. The maximum absolute atomic E-state index is 12.1. The van der Waals surface area contributed by atoms with Gasteiger partial charge in [-0.1, -0.05) is 17.8 Å². The lowest BCUT2D eigenvalue weighted by Gasteiger charge is -2.11. The second-order valence-electron chi connectivity index (χ2n) is 4.86. The molecule has 0 radical (unpaired) electrons. The van der Waals surface area contributed by atoms with Crippen LogP contribution in [0, 0.1) is 6.92 Å². The molecule has 1 aromatic heterocycles. The number of H-pyrrole nitrogens is 1. The van der Waals surface area contributed by atoms with Gasteiger partial charge in [0.15, 0.2) is 16.7 Å². The number of aromatic nitrogens is 2. The molecule has 23 heavy (non-hydrogen) atoms. The minimum atomic E-state index is -0.0842. The van der Waals surface area contributed by atoms with Gasteiger partial charge in [-0.05, 0) is 30.9 Å². The molecule has 0 aliphatic carbocycles. The summed E-state index contributed by atoms with van der Waals surface area (Å²) in [6.45, 7) is 1.80. The Balaban J connectivity index is 2.32. The Bertz CT molecular complexity index is 732. The minimum absolute atomic E-state index is 0.0842. The van der Waals surface area contributed by atoms with E-state index >= 15 is 0 Å². The summed E-state index contributed by atoms with van der Waals surface area (Å²) in [6.07, 6.45) is 2.59. The normalized spacial score (nSPS) is 10.6. The molecule has 0 unspecified atom stereocenters. The summed E-state index contributed by atoms with van der Waals surface area (Å²) in [6, 6.07) is 5.73. The average molecular weight is 352 g/mol. The highest BCUT2D eigenvalue weighted by Crippen LogP contribution is 2.28. The molecule has 1 heterocycles. The molecule has 5 nitrogen and oxygen atoms in total. The summed E-state index contributed by atoms with van der Waals surface area (Å²) in [5.41, 5.74) is 2.36. The summed E-state index contributed by atoms with van der Waals surface area (Å²) in [5.74, 6) is 1.35. The van der Waals surface area contributed by atoms with Gasteiger partial charge in [-0.3, -0.25) is 4.79 Å². The number of hydrogen-bond acceptors (Lipinski definition) is 6. The third kappa shape index (κ3) is 4.45. The molecule has 7 heteroatoms. The van der Waals surface area contributed by atoms with Gasteiger partial charge >= 0.3 is 0 Å². The molecule has 0 aliphatic heterocycles. The fraction of sp³-hybridized carbons (Fsp3) is 0.375. The molecule has 0 saturated heterocycles. The molecule has 1 aromatic carbocycles. The first-order valence-corrected chi connectivity index (χ1v) is 9.39. The topological polar surface area (TPSA) is 64.2 Å². The Labute approximate surface area is 144 Å². The van der Waals surface area contributed by atoms with Crippen molar-refractivity contribution in [2.75, 3.05) is 25.6 Å². The first-order valence-electron chi connectivity index (χ1n) is 7.01. The van der Waals surface area contributed by atoms with E-state index in [-0.39, 0.29) is 5.56 Å². The Morgan fingerprint density at radius 2 is 1.96 bits per heavy atom. The van der Waals surface area contributed by atoms with Crippen molar-refractivity contribution in [3.8, 4) is 11.5 Å². The summed E-state index contributed by atoms with van der Waals surface area (Å²) in [7, 11) is 3.21. The predicted octanol–water partition coefficient (Wildman–Crippen LogP) is 3.10. The van der Waals surface area contributed by atoms with E-state index in [0.717, 1.165) is 16.3 Å². The lowest BCUT2D eigenvalue weighted by Crippen LogP contribution is -2.16. The zero-order valence-corrected chi connectivity index (χ0v) is 15.3. The molecule has 0 saturated carbocycles. The largest absolute Gasteiger partial charge is 0.493 e. The van der Waals surface area contributed by atoms with Crippen LogP contribution in [0.3, 0.4) is 0 Å². The van der Waals surface area contributed by atoms with Crippen LogP contribution in [0.2, 0.25) is 0 Å². The van der Waals surface area contributed by atoms with Crippen LogP contribution in [0.1, 0.15) is 16.8 Å². The number of thioether (sulfide) groups is 2. The average Bonchev–Trinajstić information content (AvgIpc) is 2.57. The molecule has 0 aliphatic rings. The lowest BCUT2D eigenvalue weighted by molar-refractivity contribution is 0.354.